The molecule has 1 N–H and O–H groups in total. The van der Waals surface area contributed by atoms with E-state index in [1.807, 2.05) is 0 Å². The van der Waals surface area contributed by atoms with Gasteiger partial charge in [0, 0.05) is 5.92 Å². The molecule has 1 aliphatic rings. The number of hydrogen-bond donors (Lipinski definition) is 1. The van der Waals surface area contributed by atoms with Crippen molar-refractivity contribution in [2.45, 2.75) is 67.1 Å². The summed E-state index contributed by atoms with van der Waals surface area (Å²) in [5, 5.41) is 9.93. The predicted molar refractivity (Wildman–Crippen MR) is 71.7 cm³/mol. The van der Waals surface area contributed by atoms with Gasteiger partial charge < -0.3 is 9.84 Å². The number of hydrogen-bond acceptors (Lipinski definition) is 2. The van der Waals surface area contributed by atoms with Crippen LogP contribution in [0.1, 0.15) is 60.8 Å². The predicted octanol–water partition coefficient (Wildman–Crippen LogP) is 3.83. The van der Waals surface area contributed by atoms with Gasteiger partial charge in [-0.15, -0.1) is 0 Å². The van der Waals surface area contributed by atoms with E-state index in [-0.39, 0.29) is 5.41 Å². The molecule has 0 aliphatic carbocycles. The summed E-state index contributed by atoms with van der Waals surface area (Å²) < 4.78 is 5.55. The van der Waals surface area contributed by atoms with Crippen molar-refractivity contribution in [3.8, 4) is 0 Å². The molecule has 0 aromatic carbocycles. The molecule has 1 aliphatic heterocycles. The zero-order valence-corrected chi connectivity index (χ0v) is 12.4. The third-order valence-corrected chi connectivity index (χ3v) is 3.32. The van der Waals surface area contributed by atoms with Crippen LogP contribution in [0.5, 0.6) is 0 Å². The van der Waals surface area contributed by atoms with Gasteiger partial charge in [-0.1, -0.05) is 41.5 Å². The Bertz CT molecular complexity index is 234. The Morgan fingerprint density at radius 2 is 1.53 bits per heavy atom. The second-order valence-electron chi connectivity index (χ2n) is 8.12. The van der Waals surface area contributed by atoms with Crippen molar-refractivity contribution in [2.75, 3.05) is 6.61 Å². The van der Waals surface area contributed by atoms with Crippen molar-refractivity contribution in [1.29, 1.82) is 0 Å². The molecule has 17 heavy (non-hydrogen) atoms. The number of aliphatic hydroxyl groups excluding tert-OH is 1. The van der Waals surface area contributed by atoms with E-state index in [9.17, 15) is 5.11 Å². The molecular formula is C15H30O2. The molecule has 1 saturated heterocycles. The van der Waals surface area contributed by atoms with Crippen molar-refractivity contribution in [3.05, 3.63) is 0 Å². The number of rotatable bonds is 2. The second-order valence-corrected chi connectivity index (χ2v) is 8.12. The minimum atomic E-state index is -0.551. The highest BCUT2D eigenvalue weighted by atomic mass is 16.6. The van der Waals surface area contributed by atoms with Gasteiger partial charge in [-0.05, 0) is 36.0 Å². The van der Waals surface area contributed by atoms with Gasteiger partial charge >= 0.3 is 0 Å². The van der Waals surface area contributed by atoms with E-state index in [0.717, 1.165) is 19.4 Å². The first-order chi connectivity index (χ1) is 7.57. The summed E-state index contributed by atoms with van der Waals surface area (Å²) in [6, 6.07) is 0. The van der Waals surface area contributed by atoms with Crippen LogP contribution in [-0.2, 0) is 4.74 Å². The van der Waals surface area contributed by atoms with Crippen molar-refractivity contribution >= 4 is 0 Å². The average molecular weight is 242 g/mol. The summed E-state index contributed by atoms with van der Waals surface area (Å²) in [5.74, 6) is 0.904. The SMILES string of the molecule is CC(C)(C)CC1COC(O)C(CC(C)(C)C)C1. The maximum atomic E-state index is 9.93. The topological polar surface area (TPSA) is 29.5 Å². The Kier molecular flexibility index (Phi) is 4.65. The first-order valence-electron chi connectivity index (χ1n) is 6.86. The van der Waals surface area contributed by atoms with Crippen LogP contribution >= 0.6 is 0 Å². The van der Waals surface area contributed by atoms with Gasteiger partial charge in [0.1, 0.15) is 0 Å². The Hall–Kier alpha value is -0.0800. The zero-order chi connectivity index (χ0) is 13.3. The summed E-state index contributed by atoms with van der Waals surface area (Å²) in [6.07, 6.45) is 2.77. The Balaban J connectivity index is 2.54. The highest BCUT2D eigenvalue weighted by Crippen LogP contribution is 2.37. The molecule has 0 aromatic rings. The fraction of sp³-hybridized carbons (Fsp3) is 1.00. The van der Waals surface area contributed by atoms with Crippen LogP contribution in [0.25, 0.3) is 0 Å². The standard InChI is InChI=1S/C15H30O2/c1-14(2,3)8-11-7-12(9-15(4,5)6)13(16)17-10-11/h11-13,16H,7-10H2,1-6H3. The minimum Gasteiger partial charge on any atom is -0.368 e. The van der Waals surface area contributed by atoms with Gasteiger partial charge in [0.25, 0.3) is 0 Å². The molecule has 1 fully saturated rings. The van der Waals surface area contributed by atoms with E-state index in [4.69, 9.17) is 4.74 Å². The van der Waals surface area contributed by atoms with E-state index in [1.54, 1.807) is 0 Å². The maximum Gasteiger partial charge on any atom is 0.157 e. The summed E-state index contributed by atoms with van der Waals surface area (Å²) in [5.41, 5.74) is 0.612. The highest BCUT2D eigenvalue weighted by molar-refractivity contribution is 4.80. The molecule has 2 heteroatoms. The van der Waals surface area contributed by atoms with Crippen LogP contribution < -0.4 is 0 Å². The molecular weight excluding hydrogens is 212 g/mol. The van der Waals surface area contributed by atoms with Gasteiger partial charge in [-0.2, -0.15) is 0 Å². The summed E-state index contributed by atoms with van der Waals surface area (Å²) in [4.78, 5) is 0. The summed E-state index contributed by atoms with van der Waals surface area (Å²) in [7, 11) is 0. The van der Waals surface area contributed by atoms with Gasteiger partial charge in [-0.3, -0.25) is 0 Å². The first kappa shape index (κ1) is 15.0. The second kappa shape index (κ2) is 5.27. The average Bonchev–Trinajstić information content (AvgIpc) is 2.05. The molecule has 0 bridgehead atoms. The monoisotopic (exact) mass is 242 g/mol. The fourth-order valence-electron chi connectivity index (χ4n) is 2.96. The zero-order valence-electron chi connectivity index (χ0n) is 12.4. The molecule has 1 rings (SSSR count). The van der Waals surface area contributed by atoms with Gasteiger partial charge in [0.15, 0.2) is 6.29 Å². The van der Waals surface area contributed by atoms with Gasteiger partial charge in [0.2, 0.25) is 0 Å². The normalized spacial score (nSPS) is 31.6. The molecule has 3 atom stereocenters. The molecule has 0 spiro atoms. The van der Waals surface area contributed by atoms with Crippen LogP contribution in [0.3, 0.4) is 0 Å². The van der Waals surface area contributed by atoms with Crippen LogP contribution in [0, 0.1) is 22.7 Å². The maximum absolute atomic E-state index is 9.93. The summed E-state index contributed by atoms with van der Waals surface area (Å²) >= 11 is 0. The van der Waals surface area contributed by atoms with E-state index < -0.39 is 6.29 Å². The fourth-order valence-corrected chi connectivity index (χ4v) is 2.96. The van der Waals surface area contributed by atoms with Crippen LogP contribution in [0.2, 0.25) is 0 Å². The largest absolute Gasteiger partial charge is 0.368 e. The van der Waals surface area contributed by atoms with Crippen molar-refractivity contribution in [3.63, 3.8) is 0 Å². The molecule has 0 amide bonds. The third-order valence-electron chi connectivity index (χ3n) is 3.32. The minimum absolute atomic E-state index is 0.263. The van der Waals surface area contributed by atoms with Gasteiger partial charge in [0.05, 0.1) is 6.61 Å². The Morgan fingerprint density at radius 1 is 1.00 bits per heavy atom. The lowest BCUT2D eigenvalue weighted by molar-refractivity contribution is -0.184. The van der Waals surface area contributed by atoms with Crippen molar-refractivity contribution in [2.24, 2.45) is 22.7 Å². The van der Waals surface area contributed by atoms with E-state index in [0.29, 0.717) is 17.3 Å². The molecule has 0 radical (unpaired) electrons. The van der Waals surface area contributed by atoms with Crippen molar-refractivity contribution in [1.82, 2.24) is 0 Å². The van der Waals surface area contributed by atoms with E-state index in [2.05, 4.69) is 41.5 Å². The molecule has 2 nitrogen and oxygen atoms in total. The number of ether oxygens (including phenoxy) is 1. The lowest BCUT2D eigenvalue weighted by Crippen LogP contribution is -2.37. The lowest BCUT2D eigenvalue weighted by Gasteiger charge is -2.38. The molecule has 3 unspecified atom stereocenters. The molecule has 0 aromatic heterocycles. The smallest absolute Gasteiger partial charge is 0.157 e. The Morgan fingerprint density at radius 3 is 2.00 bits per heavy atom. The van der Waals surface area contributed by atoms with Crippen LogP contribution in [0.4, 0.5) is 0 Å². The van der Waals surface area contributed by atoms with Crippen LogP contribution in [-0.4, -0.2) is 18.0 Å². The van der Waals surface area contributed by atoms with Gasteiger partial charge in [-0.25, -0.2) is 0 Å². The first-order valence-corrected chi connectivity index (χ1v) is 6.86. The highest BCUT2D eigenvalue weighted by Gasteiger charge is 2.34. The third kappa shape index (κ3) is 5.87. The van der Waals surface area contributed by atoms with Crippen molar-refractivity contribution < 1.29 is 9.84 Å². The van der Waals surface area contributed by atoms with Crippen LogP contribution in [0.15, 0.2) is 0 Å². The summed E-state index contributed by atoms with van der Waals surface area (Å²) in [6.45, 7) is 14.2. The quantitative estimate of drug-likeness (QED) is 0.797. The van der Waals surface area contributed by atoms with E-state index in [1.165, 1.54) is 6.42 Å². The molecule has 102 valence electrons. The molecule has 1 heterocycles. The van der Waals surface area contributed by atoms with E-state index >= 15 is 0 Å². The lowest BCUT2D eigenvalue weighted by atomic mass is 9.75. The number of aliphatic hydroxyl groups is 1. The Labute approximate surface area is 107 Å². The molecule has 0 saturated carbocycles.